The number of unbranched alkanes of at least 4 members (excludes halogenated alkanes) is 4. The second-order valence-corrected chi connectivity index (χ2v) is 12.5. The van der Waals surface area contributed by atoms with Crippen LogP contribution in [-0.2, 0) is 0 Å². The van der Waals surface area contributed by atoms with Crippen LogP contribution in [0.3, 0.4) is 0 Å². The highest BCUT2D eigenvalue weighted by Gasteiger charge is 2.32. The third-order valence-corrected chi connectivity index (χ3v) is 9.89. The molecule has 2 aliphatic rings. The fourth-order valence-electron chi connectivity index (χ4n) is 5.04. The van der Waals surface area contributed by atoms with E-state index in [0.29, 0.717) is 10.8 Å². The molecule has 0 saturated carbocycles. The summed E-state index contributed by atoms with van der Waals surface area (Å²) in [4.78, 5) is 0. The molecule has 0 aromatic heterocycles. The molecule has 0 amide bonds. The lowest BCUT2D eigenvalue weighted by Crippen LogP contribution is -2.19. The summed E-state index contributed by atoms with van der Waals surface area (Å²) >= 11 is 0. The topological polar surface area (TPSA) is 0 Å². The molecule has 1 heterocycles. The Bertz CT molecular complexity index is 463. The van der Waals surface area contributed by atoms with Gasteiger partial charge in [-0.1, -0.05) is 97.1 Å². The lowest BCUT2D eigenvalue weighted by atomic mass is 9.77. The van der Waals surface area contributed by atoms with Crippen LogP contribution in [0, 0.1) is 10.8 Å². The number of fused-ring (bicyclic) bond motifs is 2. The van der Waals surface area contributed by atoms with Crippen molar-refractivity contribution in [3.05, 3.63) is 12.2 Å². The van der Waals surface area contributed by atoms with Crippen LogP contribution < -0.4 is 0 Å². The number of rotatable bonds is 6. The summed E-state index contributed by atoms with van der Waals surface area (Å²) in [5, 5.41) is 0. The Balaban J connectivity index is 2.07. The van der Waals surface area contributed by atoms with Crippen molar-refractivity contribution < 1.29 is 0 Å². The molecule has 1 aliphatic carbocycles. The van der Waals surface area contributed by atoms with Gasteiger partial charge in [0.1, 0.15) is 12.3 Å². The average molecular weight is 392 g/mol. The maximum atomic E-state index is 2.81. The van der Waals surface area contributed by atoms with Gasteiger partial charge in [0.05, 0.1) is 13.3 Å². The van der Waals surface area contributed by atoms with Gasteiger partial charge in [0.15, 0.2) is 0 Å². The average Bonchev–Trinajstić information content (AvgIpc) is 2.70. The Morgan fingerprint density at radius 2 is 1.30 bits per heavy atom. The SMILES string of the molecule is CCCCCCC[P+]1=CCCC2(C)C=CC(C)(CCCCCCCCC2)C1. The number of hydrogen-bond donors (Lipinski definition) is 0. The van der Waals surface area contributed by atoms with Gasteiger partial charge in [-0.15, -0.1) is 0 Å². The first-order valence-corrected chi connectivity index (χ1v) is 14.1. The first-order valence-electron chi connectivity index (χ1n) is 12.3. The molecule has 0 fully saturated rings. The Hall–Kier alpha value is -0.0900. The Morgan fingerprint density at radius 1 is 0.704 bits per heavy atom. The molecular formula is C26H48P+. The summed E-state index contributed by atoms with van der Waals surface area (Å²) in [6.07, 6.45) is 31.3. The van der Waals surface area contributed by atoms with E-state index in [9.17, 15) is 0 Å². The van der Waals surface area contributed by atoms with Crippen molar-refractivity contribution >= 4 is 13.3 Å². The van der Waals surface area contributed by atoms with Gasteiger partial charge in [0.2, 0.25) is 0 Å². The summed E-state index contributed by atoms with van der Waals surface area (Å²) in [6.45, 7) is 7.47. The maximum absolute atomic E-state index is 2.81. The Kier molecular flexibility index (Phi) is 10.7. The van der Waals surface area contributed by atoms with Crippen LogP contribution in [0.5, 0.6) is 0 Å². The van der Waals surface area contributed by atoms with Gasteiger partial charge >= 0.3 is 0 Å². The first-order chi connectivity index (χ1) is 13.1. The lowest BCUT2D eigenvalue weighted by molar-refractivity contribution is 0.344. The quantitative estimate of drug-likeness (QED) is 0.240. The fourth-order valence-corrected chi connectivity index (χ4v) is 7.83. The monoisotopic (exact) mass is 391 g/mol. The van der Waals surface area contributed by atoms with Gasteiger partial charge in [-0.25, -0.2) is 0 Å². The van der Waals surface area contributed by atoms with Crippen LogP contribution in [0.15, 0.2) is 12.2 Å². The van der Waals surface area contributed by atoms with Crippen molar-refractivity contribution in [2.24, 2.45) is 10.8 Å². The third kappa shape index (κ3) is 9.30. The molecule has 1 aliphatic heterocycles. The van der Waals surface area contributed by atoms with E-state index in [2.05, 4.69) is 38.7 Å². The molecule has 0 aromatic carbocycles. The number of hydrogen-bond acceptors (Lipinski definition) is 0. The molecule has 0 saturated heterocycles. The third-order valence-electron chi connectivity index (χ3n) is 7.10. The molecular weight excluding hydrogens is 343 g/mol. The van der Waals surface area contributed by atoms with Crippen molar-refractivity contribution in [3.8, 4) is 0 Å². The molecule has 1 heteroatoms. The molecule has 0 spiro atoms. The highest BCUT2D eigenvalue weighted by molar-refractivity contribution is 7.57. The van der Waals surface area contributed by atoms with Crippen LogP contribution in [0.2, 0.25) is 0 Å². The smallest absolute Gasteiger partial charge is 0.0819 e. The second-order valence-electron chi connectivity index (χ2n) is 10.2. The largest absolute Gasteiger partial charge is 0.115 e. The maximum Gasteiger partial charge on any atom is 0.115 e. The van der Waals surface area contributed by atoms with E-state index in [0.717, 1.165) is 0 Å². The van der Waals surface area contributed by atoms with E-state index in [1.807, 2.05) is 0 Å². The summed E-state index contributed by atoms with van der Waals surface area (Å²) in [5.74, 6) is 2.81. The predicted octanol–water partition coefficient (Wildman–Crippen LogP) is 9.13. The molecule has 27 heavy (non-hydrogen) atoms. The molecule has 0 N–H and O–H groups in total. The zero-order valence-corrected chi connectivity index (χ0v) is 19.8. The van der Waals surface area contributed by atoms with Crippen molar-refractivity contribution in [2.45, 2.75) is 124 Å². The van der Waals surface area contributed by atoms with E-state index in [-0.39, 0.29) is 7.55 Å². The minimum absolute atomic E-state index is 0.121. The van der Waals surface area contributed by atoms with E-state index >= 15 is 0 Å². The summed E-state index contributed by atoms with van der Waals surface area (Å²) < 4.78 is 0. The molecule has 0 aromatic rings. The minimum atomic E-state index is 0.121. The minimum Gasteiger partial charge on any atom is -0.0819 e. The Labute approximate surface area is 172 Å². The van der Waals surface area contributed by atoms with Gasteiger partial charge in [0, 0.05) is 11.8 Å². The van der Waals surface area contributed by atoms with Crippen LogP contribution in [0.25, 0.3) is 0 Å². The van der Waals surface area contributed by atoms with Gasteiger partial charge in [0.25, 0.3) is 0 Å². The van der Waals surface area contributed by atoms with E-state index in [1.165, 1.54) is 115 Å². The summed E-state index contributed by atoms with van der Waals surface area (Å²) in [5.41, 5.74) is 0.892. The van der Waals surface area contributed by atoms with Gasteiger partial charge < -0.3 is 0 Å². The molecule has 156 valence electrons. The van der Waals surface area contributed by atoms with Crippen LogP contribution in [0.4, 0.5) is 0 Å². The second kappa shape index (κ2) is 12.5. The normalized spacial score (nSPS) is 32.3. The van der Waals surface area contributed by atoms with E-state index in [4.69, 9.17) is 0 Å². The van der Waals surface area contributed by atoms with Gasteiger partial charge in [-0.2, -0.15) is 0 Å². The lowest BCUT2D eigenvalue weighted by Gasteiger charge is -2.28. The first kappa shape index (κ1) is 23.2. The number of allylic oxidation sites excluding steroid dienone is 2. The zero-order chi connectivity index (χ0) is 19.4. The predicted molar refractivity (Wildman–Crippen MR) is 128 cm³/mol. The molecule has 2 bridgehead atoms. The van der Waals surface area contributed by atoms with E-state index in [1.54, 1.807) is 0 Å². The fraction of sp³-hybridized carbons (Fsp3) is 0.885. The van der Waals surface area contributed by atoms with Crippen molar-refractivity contribution in [1.82, 2.24) is 0 Å². The molecule has 2 rings (SSSR count). The molecule has 0 nitrogen and oxygen atoms in total. The van der Waals surface area contributed by atoms with Crippen LogP contribution >= 0.6 is 7.55 Å². The van der Waals surface area contributed by atoms with Crippen LogP contribution in [-0.4, -0.2) is 18.1 Å². The van der Waals surface area contributed by atoms with Gasteiger partial charge in [-0.05, 0) is 37.5 Å². The van der Waals surface area contributed by atoms with Crippen molar-refractivity contribution in [3.63, 3.8) is 0 Å². The highest BCUT2D eigenvalue weighted by atomic mass is 31.1. The summed E-state index contributed by atoms with van der Waals surface area (Å²) in [6, 6.07) is 0. The zero-order valence-electron chi connectivity index (χ0n) is 18.9. The van der Waals surface area contributed by atoms with E-state index < -0.39 is 0 Å². The standard InChI is InChI=1S/C26H48P/c1-4-5-6-12-15-22-27-23-16-19-25(2)17-13-10-8-7-9-11-14-18-26(3,24-27)21-20-25/h20-21,23H,4-19,22,24H2,1-3H3/q+1. The van der Waals surface area contributed by atoms with Crippen molar-refractivity contribution in [2.75, 3.05) is 12.3 Å². The molecule has 3 unspecified atom stereocenters. The molecule has 0 radical (unpaired) electrons. The van der Waals surface area contributed by atoms with Crippen LogP contribution in [0.1, 0.15) is 124 Å². The summed E-state index contributed by atoms with van der Waals surface area (Å²) in [7, 11) is 0.121. The highest BCUT2D eigenvalue weighted by Crippen LogP contribution is 2.43. The molecule has 3 atom stereocenters. The van der Waals surface area contributed by atoms with Crippen molar-refractivity contribution in [1.29, 1.82) is 0 Å². The Morgan fingerprint density at radius 3 is 2.00 bits per heavy atom. The van der Waals surface area contributed by atoms with Gasteiger partial charge in [-0.3, -0.25) is 0 Å².